The zero-order chi connectivity index (χ0) is 18.7. The molecule has 2 aromatic heterocycles. The summed E-state index contributed by atoms with van der Waals surface area (Å²) in [5.74, 6) is -0.246. The van der Waals surface area contributed by atoms with Crippen LogP contribution in [-0.4, -0.2) is 39.9 Å². The Morgan fingerprint density at radius 3 is 2.64 bits per heavy atom. The molecule has 0 saturated heterocycles. The van der Waals surface area contributed by atoms with Crippen LogP contribution in [0.3, 0.4) is 0 Å². The molecule has 7 heteroatoms. The molecule has 25 heavy (non-hydrogen) atoms. The SMILES string of the molecule is Cc1cnc(C/C(C=O)=C/N(C)C)cc1-n1c(C)cc(O)c(Cl)c1=O. The molecule has 0 atom stereocenters. The van der Waals surface area contributed by atoms with Crippen LogP contribution in [0.2, 0.25) is 5.02 Å². The van der Waals surface area contributed by atoms with Crippen LogP contribution in [0, 0.1) is 13.8 Å². The molecule has 0 unspecified atom stereocenters. The Kier molecular flexibility index (Phi) is 5.64. The van der Waals surface area contributed by atoms with Gasteiger partial charge in [0.05, 0.1) is 5.69 Å². The molecule has 2 aromatic rings. The lowest BCUT2D eigenvalue weighted by molar-refractivity contribution is -0.105. The number of aromatic hydroxyl groups is 1. The van der Waals surface area contributed by atoms with Gasteiger partial charge < -0.3 is 10.0 Å². The fraction of sp³-hybridized carbons (Fsp3) is 0.278. The molecule has 0 fully saturated rings. The zero-order valence-corrected chi connectivity index (χ0v) is 15.3. The highest BCUT2D eigenvalue weighted by atomic mass is 35.5. The summed E-state index contributed by atoms with van der Waals surface area (Å²) >= 11 is 5.90. The molecule has 0 aliphatic carbocycles. The average Bonchev–Trinajstić information content (AvgIpc) is 2.54. The van der Waals surface area contributed by atoms with Crippen molar-refractivity contribution in [3.63, 3.8) is 0 Å². The topological polar surface area (TPSA) is 75.4 Å². The van der Waals surface area contributed by atoms with Crippen LogP contribution in [0.15, 0.2) is 34.9 Å². The summed E-state index contributed by atoms with van der Waals surface area (Å²) in [5.41, 5.74) is 2.66. The Bertz CT molecular complexity index is 901. The Morgan fingerprint density at radius 1 is 1.36 bits per heavy atom. The summed E-state index contributed by atoms with van der Waals surface area (Å²) in [6.07, 6.45) is 4.50. The van der Waals surface area contributed by atoms with Gasteiger partial charge in [0.25, 0.3) is 5.56 Å². The molecule has 0 aromatic carbocycles. The number of nitrogens with zero attached hydrogens (tertiary/aromatic N) is 3. The molecule has 0 radical (unpaired) electrons. The Hall–Kier alpha value is -2.60. The quantitative estimate of drug-likeness (QED) is 0.653. The van der Waals surface area contributed by atoms with Gasteiger partial charge in [0.1, 0.15) is 17.1 Å². The number of aromatic nitrogens is 2. The molecule has 2 rings (SSSR count). The summed E-state index contributed by atoms with van der Waals surface area (Å²) in [5, 5.41) is 9.47. The number of allylic oxidation sites excluding steroid dienone is 1. The van der Waals surface area contributed by atoms with Crippen molar-refractivity contribution in [1.29, 1.82) is 0 Å². The van der Waals surface area contributed by atoms with E-state index in [1.54, 1.807) is 30.3 Å². The Labute approximate surface area is 151 Å². The van der Waals surface area contributed by atoms with Crippen molar-refractivity contribution in [1.82, 2.24) is 14.5 Å². The summed E-state index contributed by atoms with van der Waals surface area (Å²) in [6.45, 7) is 3.54. The molecule has 0 spiro atoms. The highest BCUT2D eigenvalue weighted by Crippen LogP contribution is 2.23. The van der Waals surface area contributed by atoms with Crippen LogP contribution >= 0.6 is 11.6 Å². The number of rotatable bonds is 5. The van der Waals surface area contributed by atoms with Gasteiger partial charge in [0.2, 0.25) is 0 Å². The second-order valence-corrected chi connectivity index (χ2v) is 6.43. The number of hydrogen-bond acceptors (Lipinski definition) is 5. The number of pyridine rings is 2. The zero-order valence-electron chi connectivity index (χ0n) is 14.6. The first-order valence-electron chi connectivity index (χ1n) is 7.64. The second kappa shape index (κ2) is 7.53. The number of aldehydes is 1. The predicted molar refractivity (Wildman–Crippen MR) is 97.5 cm³/mol. The monoisotopic (exact) mass is 361 g/mol. The first-order valence-corrected chi connectivity index (χ1v) is 8.01. The summed E-state index contributed by atoms with van der Waals surface area (Å²) in [7, 11) is 3.66. The maximum Gasteiger partial charge on any atom is 0.277 e. The lowest BCUT2D eigenvalue weighted by Crippen LogP contribution is -2.22. The number of hydrogen-bond donors (Lipinski definition) is 1. The van der Waals surface area contributed by atoms with Crippen molar-refractivity contribution in [3.8, 4) is 11.4 Å². The van der Waals surface area contributed by atoms with E-state index in [-0.39, 0.29) is 10.8 Å². The standard InChI is InChI=1S/C18H20ClN3O3/c1-11-8-20-14(6-13(10-23)9-21(3)4)7-15(11)22-12(2)5-16(24)17(19)18(22)25/h5,7-10,24H,6H2,1-4H3/b13-9-. The van der Waals surface area contributed by atoms with Crippen molar-refractivity contribution < 1.29 is 9.90 Å². The molecule has 1 N–H and O–H groups in total. The molecule has 132 valence electrons. The molecule has 0 aliphatic heterocycles. The molecule has 2 heterocycles. The number of halogens is 1. The van der Waals surface area contributed by atoms with E-state index in [0.29, 0.717) is 29.1 Å². The maximum absolute atomic E-state index is 12.5. The van der Waals surface area contributed by atoms with E-state index < -0.39 is 5.56 Å². The van der Waals surface area contributed by atoms with Crippen molar-refractivity contribution >= 4 is 17.9 Å². The minimum absolute atomic E-state index is 0.232. The molecule has 0 bridgehead atoms. The second-order valence-electron chi connectivity index (χ2n) is 6.05. The number of aryl methyl sites for hydroxylation is 2. The largest absolute Gasteiger partial charge is 0.506 e. The smallest absolute Gasteiger partial charge is 0.277 e. The van der Waals surface area contributed by atoms with Gasteiger partial charge in [-0.3, -0.25) is 19.1 Å². The number of carbonyl (C=O) groups is 1. The molecule has 0 saturated carbocycles. The lowest BCUT2D eigenvalue weighted by Gasteiger charge is -2.15. The number of carbonyl (C=O) groups excluding carboxylic acids is 1. The van der Waals surface area contributed by atoms with E-state index in [0.717, 1.165) is 11.8 Å². The van der Waals surface area contributed by atoms with Crippen LogP contribution in [0.4, 0.5) is 0 Å². The lowest BCUT2D eigenvalue weighted by atomic mass is 10.1. The molecule has 0 amide bonds. The van der Waals surface area contributed by atoms with Crippen LogP contribution in [-0.2, 0) is 11.2 Å². The van der Waals surface area contributed by atoms with Crippen molar-refractivity contribution in [2.75, 3.05) is 14.1 Å². The van der Waals surface area contributed by atoms with Gasteiger partial charge >= 0.3 is 0 Å². The van der Waals surface area contributed by atoms with E-state index in [1.807, 2.05) is 21.0 Å². The summed E-state index contributed by atoms with van der Waals surface area (Å²) in [6, 6.07) is 3.19. The van der Waals surface area contributed by atoms with Crippen molar-refractivity contribution in [3.05, 3.63) is 62.4 Å². The molecular weight excluding hydrogens is 342 g/mol. The van der Waals surface area contributed by atoms with Gasteiger partial charge in [0.15, 0.2) is 0 Å². The van der Waals surface area contributed by atoms with Crippen molar-refractivity contribution in [2.45, 2.75) is 20.3 Å². The van der Waals surface area contributed by atoms with Crippen LogP contribution < -0.4 is 5.56 Å². The first kappa shape index (κ1) is 18.7. The van der Waals surface area contributed by atoms with Gasteiger partial charge in [-0.05, 0) is 25.5 Å². The van der Waals surface area contributed by atoms with Gasteiger partial charge in [-0.2, -0.15) is 0 Å². The highest BCUT2D eigenvalue weighted by molar-refractivity contribution is 6.31. The van der Waals surface area contributed by atoms with E-state index in [1.165, 1.54) is 10.6 Å². The van der Waals surface area contributed by atoms with Crippen LogP contribution in [0.1, 0.15) is 17.0 Å². The fourth-order valence-corrected chi connectivity index (χ4v) is 2.68. The third-order valence-corrected chi connectivity index (χ3v) is 4.00. The third kappa shape index (κ3) is 4.09. The normalized spacial score (nSPS) is 11.5. The van der Waals surface area contributed by atoms with E-state index >= 15 is 0 Å². The van der Waals surface area contributed by atoms with E-state index in [2.05, 4.69) is 4.98 Å². The van der Waals surface area contributed by atoms with E-state index in [4.69, 9.17) is 11.6 Å². The van der Waals surface area contributed by atoms with Gasteiger partial charge in [0, 0.05) is 55.9 Å². The van der Waals surface area contributed by atoms with Gasteiger partial charge in [-0.1, -0.05) is 11.6 Å². The Balaban J connectivity index is 2.57. The van der Waals surface area contributed by atoms with Gasteiger partial charge in [-0.25, -0.2) is 0 Å². The molecular formula is C18H20ClN3O3. The minimum Gasteiger partial charge on any atom is -0.506 e. The van der Waals surface area contributed by atoms with Crippen LogP contribution in [0.5, 0.6) is 5.75 Å². The third-order valence-electron chi connectivity index (χ3n) is 3.65. The highest BCUT2D eigenvalue weighted by Gasteiger charge is 2.14. The molecule has 0 aliphatic rings. The van der Waals surface area contributed by atoms with Crippen molar-refractivity contribution in [2.24, 2.45) is 0 Å². The molecule has 6 nitrogen and oxygen atoms in total. The first-order chi connectivity index (χ1) is 11.7. The van der Waals surface area contributed by atoms with Crippen LogP contribution in [0.25, 0.3) is 5.69 Å². The predicted octanol–water partition coefficient (Wildman–Crippen LogP) is 2.40. The Morgan fingerprint density at radius 2 is 2.04 bits per heavy atom. The van der Waals surface area contributed by atoms with E-state index in [9.17, 15) is 14.7 Å². The maximum atomic E-state index is 12.5. The average molecular weight is 362 g/mol. The minimum atomic E-state index is -0.501. The fourth-order valence-electron chi connectivity index (χ4n) is 2.54. The summed E-state index contributed by atoms with van der Waals surface area (Å²) in [4.78, 5) is 29.8. The summed E-state index contributed by atoms with van der Waals surface area (Å²) < 4.78 is 1.43. The van der Waals surface area contributed by atoms with Gasteiger partial charge in [-0.15, -0.1) is 0 Å².